The van der Waals surface area contributed by atoms with E-state index in [0.29, 0.717) is 46.0 Å². The van der Waals surface area contributed by atoms with Gasteiger partial charge in [-0.05, 0) is 51.3 Å². The van der Waals surface area contributed by atoms with E-state index in [1.807, 2.05) is 32.9 Å². The summed E-state index contributed by atoms with van der Waals surface area (Å²) in [5.41, 5.74) is 1.64. The maximum absolute atomic E-state index is 13.5. The molecule has 1 N–H and O–H groups in total. The third-order valence-electron chi connectivity index (χ3n) is 6.03. The summed E-state index contributed by atoms with van der Waals surface area (Å²) in [6.45, 7) is 9.96. The van der Waals surface area contributed by atoms with Crippen LogP contribution in [0.2, 0.25) is 0 Å². The lowest BCUT2D eigenvalue weighted by Gasteiger charge is -2.14. The summed E-state index contributed by atoms with van der Waals surface area (Å²) in [5.74, 6) is 0.337. The Hall–Kier alpha value is -2.23. The molecule has 36 heavy (non-hydrogen) atoms. The molecule has 1 saturated heterocycles. The Morgan fingerprint density at radius 3 is 2.67 bits per heavy atom. The smallest absolute Gasteiger partial charge is 0.267 e. The first-order valence-electron chi connectivity index (χ1n) is 13.0. The van der Waals surface area contributed by atoms with Gasteiger partial charge in [0.25, 0.3) is 11.5 Å². The molecule has 0 unspecified atom stereocenters. The Labute approximate surface area is 223 Å². The van der Waals surface area contributed by atoms with Crippen molar-refractivity contribution in [2.75, 3.05) is 25.0 Å². The summed E-state index contributed by atoms with van der Waals surface area (Å²) >= 11 is 6.76. The zero-order valence-corrected chi connectivity index (χ0v) is 23.5. The molecule has 1 aliphatic rings. The van der Waals surface area contributed by atoms with Crippen LogP contribution in [-0.2, 0) is 9.53 Å². The van der Waals surface area contributed by atoms with Crippen LogP contribution in [0.3, 0.4) is 0 Å². The number of pyridine rings is 1. The van der Waals surface area contributed by atoms with Gasteiger partial charge in [-0.3, -0.25) is 18.9 Å². The number of fused-ring (bicyclic) bond motifs is 1. The van der Waals surface area contributed by atoms with E-state index in [1.165, 1.54) is 41.8 Å². The number of thiocarbonyl (C=S) groups is 1. The summed E-state index contributed by atoms with van der Waals surface area (Å²) in [6.07, 6.45) is 11.2. The van der Waals surface area contributed by atoms with Gasteiger partial charge < -0.3 is 10.1 Å². The molecule has 0 radical (unpaired) electrons. The van der Waals surface area contributed by atoms with Crippen LogP contribution in [0.4, 0.5) is 5.82 Å². The average molecular weight is 531 g/mol. The number of hydrogen-bond donors (Lipinski definition) is 1. The zero-order valence-electron chi connectivity index (χ0n) is 21.8. The number of nitrogens with zero attached hydrogens (tertiary/aromatic N) is 3. The molecule has 2 aromatic rings. The van der Waals surface area contributed by atoms with Gasteiger partial charge in [-0.2, -0.15) is 0 Å². The van der Waals surface area contributed by atoms with Crippen LogP contribution in [-0.4, -0.2) is 50.3 Å². The maximum atomic E-state index is 13.5. The molecule has 0 bridgehead atoms. The van der Waals surface area contributed by atoms with E-state index in [0.717, 1.165) is 24.8 Å². The maximum Gasteiger partial charge on any atom is 0.267 e. The van der Waals surface area contributed by atoms with E-state index in [4.69, 9.17) is 21.9 Å². The quantitative estimate of drug-likeness (QED) is 0.188. The first kappa shape index (κ1) is 28.3. The molecule has 3 rings (SSSR count). The van der Waals surface area contributed by atoms with Gasteiger partial charge in [0.1, 0.15) is 15.8 Å². The van der Waals surface area contributed by atoms with Gasteiger partial charge >= 0.3 is 0 Å². The van der Waals surface area contributed by atoms with Crippen LogP contribution in [0.25, 0.3) is 11.7 Å². The van der Waals surface area contributed by atoms with Crippen molar-refractivity contribution in [2.24, 2.45) is 0 Å². The van der Waals surface area contributed by atoms with Crippen molar-refractivity contribution in [1.82, 2.24) is 14.3 Å². The fourth-order valence-corrected chi connectivity index (χ4v) is 5.34. The third-order valence-corrected chi connectivity index (χ3v) is 7.41. The minimum absolute atomic E-state index is 0.136. The first-order chi connectivity index (χ1) is 17.3. The normalized spacial score (nSPS) is 15.1. The number of hydrogen-bond acceptors (Lipinski definition) is 7. The number of thioether (sulfide) groups is 1. The van der Waals surface area contributed by atoms with E-state index >= 15 is 0 Å². The summed E-state index contributed by atoms with van der Waals surface area (Å²) in [5, 5.41) is 3.30. The van der Waals surface area contributed by atoms with Crippen molar-refractivity contribution in [2.45, 2.75) is 78.7 Å². The highest BCUT2D eigenvalue weighted by atomic mass is 32.2. The van der Waals surface area contributed by atoms with Crippen molar-refractivity contribution in [3.63, 3.8) is 0 Å². The number of aryl methyl sites for hydroxylation is 1. The second kappa shape index (κ2) is 13.9. The minimum Gasteiger partial charge on any atom is -0.379 e. The number of ether oxygens (including phenoxy) is 1. The zero-order chi connectivity index (χ0) is 26.1. The molecular weight excluding hydrogens is 492 g/mol. The summed E-state index contributed by atoms with van der Waals surface area (Å²) in [6, 6.07) is 3.75. The van der Waals surface area contributed by atoms with Gasteiger partial charge in [0.2, 0.25) is 0 Å². The van der Waals surface area contributed by atoms with E-state index < -0.39 is 0 Å². The van der Waals surface area contributed by atoms with Gasteiger partial charge in [-0.25, -0.2) is 4.98 Å². The Morgan fingerprint density at radius 2 is 1.92 bits per heavy atom. The molecule has 1 amide bonds. The molecule has 3 heterocycles. The van der Waals surface area contributed by atoms with Gasteiger partial charge in [-0.15, -0.1) is 0 Å². The molecule has 0 aliphatic carbocycles. The van der Waals surface area contributed by atoms with Gasteiger partial charge in [0, 0.05) is 25.9 Å². The van der Waals surface area contributed by atoms with Crippen molar-refractivity contribution in [1.29, 1.82) is 0 Å². The molecule has 196 valence electrons. The van der Waals surface area contributed by atoms with E-state index in [9.17, 15) is 9.59 Å². The highest BCUT2D eigenvalue weighted by molar-refractivity contribution is 8.26. The highest BCUT2D eigenvalue weighted by Crippen LogP contribution is 2.33. The van der Waals surface area contributed by atoms with Crippen LogP contribution in [0.5, 0.6) is 0 Å². The Balaban J connectivity index is 1.81. The fraction of sp³-hybridized carbons (Fsp3) is 0.556. The lowest BCUT2D eigenvalue weighted by Crippen LogP contribution is -2.29. The number of nitrogens with one attached hydrogen (secondary N) is 1. The molecule has 1 fully saturated rings. The Morgan fingerprint density at radius 1 is 1.17 bits per heavy atom. The second-order valence-corrected chi connectivity index (χ2v) is 11.0. The molecule has 9 heteroatoms. The number of aromatic nitrogens is 2. The predicted octanol–water partition coefficient (Wildman–Crippen LogP) is 5.79. The van der Waals surface area contributed by atoms with Crippen molar-refractivity contribution in [3.8, 4) is 0 Å². The molecular formula is C27H38N4O3S2. The van der Waals surface area contributed by atoms with Crippen molar-refractivity contribution >= 4 is 51.7 Å². The number of amides is 1. The molecule has 1 aliphatic heterocycles. The molecule has 0 aromatic carbocycles. The monoisotopic (exact) mass is 530 g/mol. The third kappa shape index (κ3) is 7.40. The number of unbranched alkanes of at least 4 members (excludes halogenated alkanes) is 5. The number of rotatable bonds is 14. The van der Waals surface area contributed by atoms with Crippen molar-refractivity contribution < 1.29 is 9.53 Å². The van der Waals surface area contributed by atoms with E-state index in [2.05, 4.69) is 12.2 Å². The Kier molecular flexibility index (Phi) is 10.9. The molecule has 0 spiro atoms. The van der Waals surface area contributed by atoms with Crippen LogP contribution in [0, 0.1) is 6.92 Å². The topological polar surface area (TPSA) is 75.9 Å². The first-order valence-corrected chi connectivity index (χ1v) is 14.2. The predicted molar refractivity (Wildman–Crippen MR) is 154 cm³/mol. The minimum atomic E-state index is -0.217. The largest absolute Gasteiger partial charge is 0.379 e. The molecule has 7 nitrogen and oxygen atoms in total. The van der Waals surface area contributed by atoms with Gasteiger partial charge in [0.15, 0.2) is 0 Å². The van der Waals surface area contributed by atoms with E-state index in [1.54, 1.807) is 17.2 Å². The average Bonchev–Trinajstić information content (AvgIpc) is 3.11. The van der Waals surface area contributed by atoms with Crippen LogP contribution in [0.1, 0.15) is 76.8 Å². The lowest BCUT2D eigenvalue weighted by molar-refractivity contribution is -0.122. The molecule has 0 saturated carbocycles. The number of carbonyl (C=O) groups excluding carboxylic acids is 1. The molecule has 0 atom stereocenters. The molecule has 2 aromatic heterocycles. The standard InChI is InChI=1S/C27H38N4O3S2/c1-5-6-7-8-9-10-15-31-26(33)22(36-27(31)35)18-21-23(28-14-12-17-34-19(2)3)29-24-20(4)13-11-16-30(24)25(21)32/h11,13,16,18-19,28H,5-10,12,14-15,17H2,1-4H3/b22-18-. The van der Waals surface area contributed by atoms with Crippen LogP contribution in [0.15, 0.2) is 28.0 Å². The van der Waals surface area contributed by atoms with Gasteiger partial charge in [0.05, 0.1) is 16.6 Å². The van der Waals surface area contributed by atoms with Crippen molar-refractivity contribution in [3.05, 3.63) is 44.7 Å². The Bertz CT molecular complexity index is 1160. The highest BCUT2D eigenvalue weighted by Gasteiger charge is 2.32. The summed E-state index contributed by atoms with van der Waals surface area (Å²) in [7, 11) is 0. The number of anilines is 1. The lowest BCUT2D eigenvalue weighted by atomic mass is 10.1. The van der Waals surface area contributed by atoms with Crippen LogP contribution >= 0.6 is 24.0 Å². The fourth-order valence-electron chi connectivity index (χ4n) is 4.05. The van der Waals surface area contributed by atoms with E-state index in [-0.39, 0.29) is 17.6 Å². The SMILES string of the molecule is CCCCCCCCN1C(=O)/C(=C/c2c(NCCCOC(C)C)nc3c(C)cccn3c2=O)SC1=S. The summed E-state index contributed by atoms with van der Waals surface area (Å²) in [4.78, 5) is 33.5. The second-order valence-electron chi connectivity index (χ2n) is 9.37. The van der Waals surface area contributed by atoms with Crippen LogP contribution < -0.4 is 10.9 Å². The number of carbonyl (C=O) groups is 1. The summed E-state index contributed by atoms with van der Waals surface area (Å²) < 4.78 is 7.70. The van der Waals surface area contributed by atoms with Gasteiger partial charge in [-0.1, -0.05) is 69.1 Å².